The van der Waals surface area contributed by atoms with Crippen molar-refractivity contribution in [2.24, 2.45) is 5.92 Å². The number of rotatable bonds is 5. The van der Waals surface area contributed by atoms with E-state index in [1.165, 1.54) is 33.4 Å². The van der Waals surface area contributed by atoms with Crippen LogP contribution in [0, 0.1) is 25.8 Å². The first-order valence-electron chi connectivity index (χ1n) is 9.04. The summed E-state index contributed by atoms with van der Waals surface area (Å²) in [5.74, 6) is 0.899. The minimum Gasteiger partial charge on any atom is -1.00 e. The Balaban J connectivity index is 0. The first-order valence-corrected chi connectivity index (χ1v) is 9.04. The Bertz CT molecular complexity index is 750. The third-order valence-electron chi connectivity index (χ3n) is 5.13. The molecule has 1 aliphatic rings. The predicted molar refractivity (Wildman–Crippen MR) is 103 cm³/mol. The fraction of sp³-hybridized carbons (Fsp3) is 0.333. The van der Waals surface area contributed by atoms with E-state index in [0.29, 0.717) is 11.8 Å². The molecule has 0 nitrogen and oxygen atoms in total. The van der Waals surface area contributed by atoms with Crippen molar-refractivity contribution in [3.05, 3.63) is 94.1 Å². The van der Waals surface area contributed by atoms with Gasteiger partial charge in [-0.05, 0) is 19.8 Å². The molecule has 0 aliphatic heterocycles. The third kappa shape index (κ3) is 6.79. The zero-order valence-corrected chi connectivity index (χ0v) is 20.7. The number of aryl methyl sites for hydroxylation is 2. The molecule has 1 atom stereocenters. The van der Waals surface area contributed by atoms with E-state index in [2.05, 4.69) is 88.4 Å². The first-order chi connectivity index (χ1) is 11.6. The van der Waals surface area contributed by atoms with Gasteiger partial charge < -0.3 is 37.2 Å². The quantitative estimate of drug-likeness (QED) is 0.337. The van der Waals surface area contributed by atoms with Crippen molar-refractivity contribution in [1.29, 1.82) is 0 Å². The second-order valence-corrected chi connectivity index (χ2v) is 7.06. The first kappa shape index (κ1) is 29.7. The number of hydrogen-bond donors (Lipinski definition) is 0. The van der Waals surface area contributed by atoms with Crippen molar-refractivity contribution < 1.29 is 58.9 Å². The maximum atomic E-state index is 3.56. The normalized spacial score (nSPS) is 13.2. The zero-order valence-electron chi connectivity index (χ0n) is 16.9. The largest absolute Gasteiger partial charge is 4.00 e. The predicted octanol–water partition coefficient (Wildman–Crippen LogP) is -2.45. The smallest absolute Gasteiger partial charge is 1.00 e. The Morgan fingerprint density at radius 2 is 1.39 bits per heavy atom. The van der Waals surface area contributed by atoms with Gasteiger partial charge in [0, 0.05) is 0 Å². The van der Waals surface area contributed by atoms with E-state index in [1.807, 2.05) is 0 Å². The summed E-state index contributed by atoms with van der Waals surface area (Å²) in [6, 6.07) is 18.0. The fourth-order valence-electron chi connectivity index (χ4n) is 3.70. The maximum Gasteiger partial charge on any atom is 4.00 e. The van der Waals surface area contributed by atoms with Crippen LogP contribution < -0.4 is 37.2 Å². The molecule has 0 amide bonds. The van der Waals surface area contributed by atoms with Crippen molar-refractivity contribution >= 4 is 0 Å². The zero-order chi connectivity index (χ0) is 17.1. The summed E-state index contributed by atoms with van der Waals surface area (Å²) >= 11 is 0. The van der Waals surface area contributed by atoms with Gasteiger partial charge >= 0.3 is 21.7 Å². The standard InChI is InChI=1S/C24H27.3ClH.Ti/c1-5-19(4)22-13-8-14-23(22)24(20-11-6-9-17(2)15-20)21-12-7-10-18(3)16-21;;;;/h6-12,15-16,19,24H,5,14H2,1-4H3;3*1H;/q-1;;;;+4/p-3. The van der Waals surface area contributed by atoms with E-state index < -0.39 is 0 Å². The van der Waals surface area contributed by atoms with Gasteiger partial charge in [0.1, 0.15) is 0 Å². The molecular formula is C24H27Cl3Ti. The molecule has 2 aromatic carbocycles. The monoisotopic (exact) mass is 468 g/mol. The van der Waals surface area contributed by atoms with E-state index >= 15 is 0 Å². The van der Waals surface area contributed by atoms with Crippen LogP contribution >= 0.6 is 0 Å². The molecule has 4 heteroatoms. The van der Waals surface area contributed by atoms with Crippen LogP contribution in [0.2, 0.25) is 0 Å². The molecular weight excluding hydrogens is 442 g/mol. The number of halogens is 3. The summed E-state index contributed by atoms with van der Waals surface area (Å²) in [5, 5.41) is 0. The molecule has 0 saturated heterocycles. The van der Waals surface area contributed by atoms with Crippen LogP contribution in [-0.2, 0) is 21.7 Å². The summed E-state index contributed by atoms with van der Waals surface area (Å²) in [5.41, 5.74) is 8.39. The SMILES string of the molecule is CCC(C)C1=C(C(c2cccc(C)c2)c2cccc(C)c2)CC=[C-]1.[Cl-].[Cl-].[Cl-].[Ti+4]. The van der Waals surface area contributed by atoms with Crippen molar-refractivity contribution in [3.63, 3.8) is 0 Å². The van der Waals surface area contributed by atoms with Gasteiger partial charge in [-0.25, -0.2) is 5.57 Å². The Morgan fingerprint density at radius 3 is 1.82 bits per heavy atom. The summed E-state index contributed by atoms with van der Waals surface area (Å²) in [7, 11) is 0. The van der Waals surface area contributed by atoms with Gasteiger partial charge in [0.25, 0.3) is 0 Å². The summed E-state index contributed by atoms with van der Waals surface area (Å²) in [6.45, 7) is 8.95. The fourth-order valence-corrected chi connectivity index (χ4v) is 3.70. The Hall–Kier alpha value is -0.496. The molecule has 0 bridgehead atoms. The molecule has 2 aromatic rings. The number of allylic oxidation sites excluding steroid dienone is 4. The van der Waals surface area contributed by atoms with Crippen LogP contribution in [0.5, 0.6) is 0 Å². The summed E-state index contributed by atoms with van der Waals surface area (Å²) in [6.07, 6.45) is 7.96. The Morgan fingerprint density at radius 1 is 0.893 bits per heavy atom. The minimum atomic E-state index is 0. The van der Waals surface area contributed by atoms with Gasteiger partial charge in [-0.2, -0.15) is 11.6 Å². The molecule has 1 aliphatic carbocycles. The molecule has 0 radical (unpaired) electrons. The second-order valence-electron chi connectivity index (χ2n) is 7.06. The molecule has 3 rings (SSSR count). The van der Waals surface area contributed by atoms with Crippen molar-refractivity contribution in [3.8, 4) is 0 Å². The minimum absolute atomic E-state index is 0. The molecule has 0 heterocycles. The molecule has 148 valence electrons. The van der Waals surface area contributed by atoms with Crippen molar-refractivity contribution in [2.75, 3.05) is 0 Å². The summed E-state index contributed by atoms with van der Waals surface area (Å²) < 4.78 is 0. The third-order valence-corrected chi connectivity index (χ3v) is 5.13. The van der Waals surface area contributed by atoms with Crippen LogP contribution in [0.1, 0.15) is 54.9 Å². The van der Waals surface area contributed by atoms with E-state index in [4.69, 9.17) is 0 Å². The van der Waals surface area contributed by atoms with Gasteiger partial charge in [0.2, 0.25) is 0 Å². The van der Waals surface area contributed by atoms with Gasteiger partial charge in [0.05, 0.1) is 0 Å². The van der Waals surface area contributed by atoms with E-state index in [-0.39, 0.29) is 58.9 Å². The van der Waals surface area contributed by atoms with Crippen LogP contribution in [0.25, 0.3) is 0 Å². The van der Waals surface area contributed by atoms with E-state index in [9.17, 15) is 0 Å². The molecule has 0 N–H and O–H groups in total. The van der Waals surface area contributed by atoms with Crippen LogP contribution in [0.4, 0.5) is 0 Å². The summed E-state index contributed by atoms with van der Waals surface area (Å²) in [4.78, 5) is 0. The Kier molecular flexibility index (Phi) is 14.5. The van der Waals surface area contributed by atoms with Gasteiger partial charge in [-0.3, -0.25) is 6.08 Å². The topological polar surface area (TPSA) is 0 Å². The molecule has 0 aromatic heterocycles. The van der Waals surface area contributed by atoms with Gasteiger partial charge in [0.15, 0.2) is 0 Å². The van der Waals surface area contributed by atoms with Crippen LogP contribution in [-0.4, -0.2) is 0 Å². The molecule has 0 spiro atoms. The molecule has 0 fully saturated rings. The number of hydrogen-bond acceptors (Lipinski definition) is 0. The van der Waals surface area contributed by atoms with Gasteiger partial charge in [-0.1, -0.05) is 103 Å². The number of benzene rings is 2. The maximum absolute atomic E-state index is 3.56. The average Bonchev–Trinajstić information content (AvgIpc) is 3.04. The van der Waals surface area contributed by atoms with Crippen molar-refractivity contribution in [1.82, 2.24) is 0 Å². The van der Waals surface area contributed by atoms with Crippen LogP contribution in [0.15, 0.2) is 65.8 Å². The van der Waals surface area contributed by atoms with E-state index in [1.54, 1.807) is 0 Å². The molecule has 1 unspecified atom stereocenters. The van der Waals surface area contributed by atoms with Crippen LogP contribution in [0.3, 0.4) is 0 Å². The Labute approximate surface area is 204 Å². The van der Waals surface area contributed by atoms with Gasteiger partial charge in [-0.15, -0.1) is 0 Å². The van der Waals surface area contributed by atoms with E-state index in [0.717, 1.165) is 12.8 Å². The molecule has 0 saturated carbocycles. The second kappa shape index (κ2) is 13.7. The molecule has 28 heavy (non-hydrogen) atoms. The average molecular weight is 470 g/mol. The van der Waals surface area contributed by atoms with Crippen molar-refractivity contribution in [2.45, 2.75) is 46.5 Å².